The summed E-state index contributed by atoms with van der Waals surface area (Å²) in [5.74, 6) is 0.826. The molecule has 146 valence electrons. The predicted octanol–water partition coefficient (Wildman–Crippen LogP) is 5.56. The van der Waals surface area contributed by atoms with Crippen molar-refractivity contribution in [3.63, 3.8) is 0 Å². The zero-order valence-corrected chi connectivity index (χ0v) is 17.9. The van der Waals surface area contributed by atoms with Crippen molar-refractivity contribution in [2.24, 2.45) is 0 Å². The number of carbonyl (C=O) groups is 1. The molecule has 0 aliphatic heterocycles. The first-order valence-corrected chi connectivity index (χ1v) is 10.1. The molecule has 6 nitrogen and oxygen atoms in total. The molecular weight excluding hydrogens is 443 g/mol. The van der Waals surface area contributed by atoms with Crippen LogP contribution in [0.25, 0.3) is 11.4 Å². The number of rotatable bonds is 6. The van der Waals surface area contributed by atoms with E-state index in [2.05, 4.69) is 20.5 Å². The van der Waals surface area contributed by atoms with Crippen molar-refractivity contribution < 1.29 is 9.53 Å². The van der Waals surface area contributed by atoms with Crippen molar-refractivity contribution in [1.82, 2.24) is 15.2 Å². The molecule has 3 rings (SSSR count). The third-order valence-electron chi connectivity index (χ3n) is 3.74. The van der Waals surface area contributed by atoms with Gasteiger partial charge in [0.15, 0.2) is 5.82 Å². The lowest BCUT2D eigenvalue weighted by Crippen LogP contribution is -2.22. The fraction of sp³-hybridized carbons (Fsp3) is 0.167. The van der Waals surface area contributed by atoms with E-state index in [0.29, 0.717) is 43.0 Å². The Hall–Kier alpha value is -1.93. The molecule has 0 aliphatic rings. The van der Waals surface area contributed by atoms with Gasteiger partial charge in [0.25, 0.3) is 0 Å². The molecule has 0 spiro atoms. The largest absolute Gasteiger partial charge is 0.496 e. The van der Waals surface area contributed by atoms with E-state index < -0.39 is 5.25 Å². The average Bonchev–Trinajstić information content (AvgIpc) is 3.13. The number of aromatic nitrogens is 3. The van der Waals surface area contributed by atoms with E-state index in [1.54, 1.807) is 50.4 Å². The van der Waals surface area contributed by atoms with E-state index in [1.807, 2.05) is 0 Å². The minimum atomic E-state index is -0.489. The summed E-state index contributed by atoms with van der Waals surface area (Å²) in [5.41, 5.74) is 1.05. The number of nitrogens with one attached hydrogen (secondary N) is 2. The van der Waals surface area contributed by atoms with Gasteiger partial charge in [0.2, 0.25) is 11.1 Å². The zero-order valence-electron chi connectivity index (χ0n) is 14.8. The molecule has 0 bridgehead atoms. The standard InChI is InChI=1S/C18H15Cl3N4O2S/c1-9(17(26)22-15-12(20)4-3-5-13(15)21)28-18-23-16(24-25-18)11-8-10(19)6-7-14(11)27-2/h3-9H,1-2H3,(H,22,26)(H,23,24,25). The number of amides is 1. The smallest absolute Gasteiger partial charge is 0.237 e. The molecule has 0 fully saturated rings. The Labute approximate surface area is 180 Å². The van der Waals surface area contributed by atoms with Gasteiger partial charge in [-0.25, -0.2) is 4.98 Å². The summed E-state index contributed by atoms with van der Waals surface area (Å²) in [6, 6.07) is 10.2. The van der Waals surface area contributed by atoms with E-state index in [0.717, 1.165) is 0 Å². The van der Waals surface area contributed by atoms with E-state index in [-0.39, 0.29) is 5.91 Å². The van der Waals surface area contributed by atoms with E-state index in [9.17, 15) is 4.79 Å². The normalized spacial score (nSPS) is 11.9. The number of para-hydroxylation sites is 1. The molecule has 2 aromatic carbocycles. The lowest BCUT2D eigenvalue weighted by atomic mass is 10.2. The number of anilines is 1. The number of halogens is 3. The fourth-order valence-electron chi connectivity index (χ4n) is 2.34. The molecule has 3 aromatic rings. The van der Waals surface area contributed by atoms with Crippen LogP contribution in [0.4, 0.5) is 5.69 Å². The summed E-state index contributed by atoms with van der Waals surface area (Å²) < 4.78 is 5.33. The summed E-state index contributed by atoms with van der Waals surface area (Å²) in [4.78, 5) is 16.9. The van der Waals surface area contributed by atoms with Gasteiger partial charge in [-0.15, -0.1) is 5.10 Å². The molecular formula is C18H15Cl3N4O2S. The second kappa shape index (κ2) is 9.05. The molecule has 1 aromatic heterocycles. The third-order valence-corrected chi connectivity index (χ3v) is 5.57. The van der Waals surface area contributed by atoms with Crippen molar-refractivity contribution in [3.05, 3.63) is 51.5 Å². The van der Waals surface area contributed by atoms with Gasteiger partial charge in [0.1, 0.15) is 5.75 Å². The highest BCUT2D eigenvalue weighted by Crippen LogP contribution is 2.33. The highest BCUT2D eigenvalue weighted by atomic mass is 35.5. The number of nitrogens with zero attached hydrogens (tertiary/aromatic N) is 2. The molecule has 1 amide bonds. The lowest BCUT2D eigenvalue weighted by molar-refractivity contribution is -0.115. The van der Waals surface area contributed by atoms with Crippen molar-refractivity contribution in [2.75, 3.05) is 12.4 Å². The van der Waals surface area contributed by atoms with Gasteiger partial charge < -0.3 is 10.1 Å². The van der Waals surface area contributed by atoms with Crippen LogP contribution in [0.3, 0.4) is 0 Å². The van der Waals surface area contributed by atoms with Crippen LogP contribution in [-0.2, 0) is 4.79 Å². The van der Waals surface area contributed by atoms with Crippen LogP contribution < -0.4 is 10.1 Å². The van der Waals surface area contributed by atoms with Crippen molar-refractivity contribution in [2.45, 2.75) is 17.3 Å². The van der Waals surface area contributed by atoms with Crippen LogP contribution >= 0.6 is 46.6 Å². The number of methoxy groups -OCH3 is 1. The topological polar surface area (TPSA) is 79.9 Å². The number of ether oxygens (including phenoxy) is 1. The van der Waals surface area contributed by atoms with Gasteiger partial charge in [0, 0.05) is 5.02 Å². The number of hydrogen-bond acceptors (Lipinski definition) is 5. The molecule has 2 N–H and O–H groups in total. The average molecular weight is 458 g/mol. The molecule has 0 aliphatic carbocycles. The Morgan fingerprint density at radius 1 is 1.21 bits per heavy atom. The second-order valence-corrected chi connectivity index (χ2v) is 8.22. The first kappa shape index (κ1) is 20.8. The van der Waals surface area contributed by atoms with Crippen LogP contribution in [0.15, 0.2) is 41.6 Å². The number of hydrogen-bond donors (Lipinski definition) is 2. The minimum absolute atomic E-state index is 0.272. The van der Waals surface area contributed by atoms with E-state index in [4.69, 9.17) is 39.5 Å². The molecule has 0 saturated heterocycles. The van der Waals surface area contributed by atoms with Crippen LogP contribution in [0.1, 0.15) is 6.92 Å². The van der Waals surface area contributed by atoms with Gasteiger partial charge in [-0.2, -0.15) is 0 Å². The van der Waals surface area contributed by atoms with Crippen LogP contribution in [0.2, 0.25) is 15.1 Å². The van der Waals surface area contributed by atoms with Crippen LogP contribution in [0.5, 0.6) is 5.75 Å². The van der Waals surface area contributed by atoms with Crippen LogP contribution in [-0.4, -0.2) is 33.4 Å². The number of carbonyl (C=O) groups excluding carboxylic acids is 1. The number of benzene rings is 2. The molecule has 0 radical (unpaired) electrons. The molecule has 1 unspecified atom stereocenters. The molecule has 10 heteroatoms. The lowest BCUT2D eigenvalue weighted by Gasteiger charge is -2.12. The highest BCUT2D eigenvalue weighted by Gasteiger charge is 2.20. The van der Waals surface area contributed by atoms with Gasteiger partial charge in [0.05, 0.1) is 33.7 Å². The fourth-order valence-corrected chi connectivity index (χ4v) is 3.73. The maximum atomic E-state index is 12.5. The Morgan fingerprint density at radius 3 is 2.61 bits per heavy atom. The summed E-state index contributed by atoms with van der Waals surface area (Å²) in [5, 5.41) is 10.9. The summed E-state index contributed by atoms with van der Waals surface area (Å²) in [6.45, 7) is 1.74. The Bertz CT molecular complexity index is 992. The van der Waals surface area contributed by atoms with E-state index >= 15 is 0 Å². The quantitative estimate of drug-likeness (QED) is 0.474. The van der Waals surface area contributed by atoms with E-state index in [1.165, 1.54) is 11.8 Å². The predicted molar refractivity (Wildman–Crippen MR) is 114 cm³/mol. The molecule has 1 heterocycles. The van der Waals surface area contributed by atoms with Gasteiger partial charge in [-0.1, -0.05) is 52.6 Å². The highest BCUT2D eigenvalue weighted by molar-refractivity contribution is 8.00. The third kappa shape index (κ3) is 4.72. The molecule has 1 atom stereocenters. The Kier molecular flexibility index (Phi) is 6.72. The Balaban J connectivity index is 1.73. The van der Waals surface area contributed by atoms with Crippen molar-refractivity contribution in [3.8, 4) is 17.1 Å². The van der Waals surface area contributed by atoms with Gasteiger partial charge >= 0.3 is 0 Å². The first-order valence-electron chi connectivity index (χ1n) is 8.07. The first-order chi connectivity index (χ1) is 13.4. The SMILES string of the molecule is COc1ccc(Cl)cc1-c1nc(SC(C)C(=O)Nc2c(Cl)cccc2Cl)n[nH]1. The molecule has 28 heavy (non-hydrogen) atoms. The summed E-state index contributed by atoms with van der Waals surface area (Å²) >= 11 is 19.4. The van der Waals surface area contributed by atoms with Gasteiger partial charge in [-0.3, -0.25) is 9.89 Å². The summed E-state index contributed by atoms with van der Waals surface area (Å²) in [7, 11) is 1.56. The van der Waals surface area contributed by atoms with Crippen molar-refractivity contribution in [1.29, 1.82) is 0 Å². The van der Waals surface area contributed by atoms with Gasteiger partial charge in [-0.05, 0) is 37.3 Å². The summed E-state index contributed by atoms with van der Waals surface area (Å²) in [6.07, 6.45) is 0. The Morgan fingerprint density at radius 2 is 1.93 bits per heavy atom. The monoisotopic (exact) mass is 456 g/mol. The maximum Gasteiger partial charge on any atom is 0.237 e. The second-order valence-electron chi connectivity index (χ2n) is 5.66. The number of thioether (sulfide) groups is 1. The molecule has 0 saturated carbocycles. The number of aromatic amines is 1. The number of H-pyrrole nitrogens is 1. The zero-order chi connectivity index (χ0) is 20.3. The van der Waals surface area contributed by atoms with Crippen LogP contribution in [0, 0.1) is 0 Å². The maximum absolute atomic E-state index is 12.5. The van der Waals surface area contributed by atoms with Crippen molar-refractivity contribution >= 4 is 58.2 Å². The minimum Gasteiger partial charge on any atom is -0.496 e.